The summed E-state index contributed by atoms with van der Waals surface area (Å²) in [6.45, 7) is 3.00. The second-order valence-corrected chi connectivity index (χ2v) is 6.82. The number of halogens is 2. The van der Waals surface area contributed by atoms with E-state index in [0.717, 1.165) is 22.5 Å². The van der Waals surface area contributed by atoms with E-state index in [0.29, 0.717) is 23.3 Å². The van der Waals surface area contributed by atoms with Crippen LogP contribution in [0.3, 0.4) is 0 Å². The fourth-order valence-corrected chi connectivity index (χ4v) is 4.22. The van der Waals surface area contributed by atoms with Gasteiger partial charge in [-0.15, -0.1) is 0 Å². The Hall–Kier alpha value is -0.920. The third-order valence-corrected chi connectivity index (χ3v) is 5.36. The van der Waals surface area contributed by atoms with Crippen LogP contribution in [0.5, 0.6) is 0 Å². The maximum atomic E-state index is 13.4. The van der Waals surface area contributed by atoms with Crippen molar-refractivity contribution in [2.75, 3.05) is 18.1 Å². The first-order valence-electron chi connectivity index (χ1n) is 6.79. The Bertz CT molecular complexity index is 636. The molecule has 1 aliphatic heterocycles. The lowest BCUT2D eigenvalue weighted by Gasteiger charge is -2.15. The highest BCUT2D eigenvalue weighted by Crippen LogP contribution is 2.34. The van der Waals surface area contributed by atoms with E-state index in [-0.39, 0.29) is 11.7 Å². The van der Waals surface area contributed by atoms with Gasteiger partial charge in [-0.3, -0.25) is 0 Å². The van der Waals surface area contributed by atoms with Gasteiger partial charge in [0.15, 0.2) is 0 Å². The van der Waals surface area contributed by atoms with Crippen LogP contribution >= 0.6 is 27.7 Å². The molecule has 112 valence electrons. The van der Waals surface area contributed by atoms with E-state index in [1.165, 1.54) is 12.1 Å². The number of hydrogen-bond donors (Lipinski definition) is 1. The maximum absolute atomic E-state index is 13.4. The molecule has 0 aliphatic carbocycles. The quantitative estimate of drug-likeness (QED) is 0.891. The SMILES string of the molecule is CCNC1CSCC1c1nc(-c2cc(F)ccc2Br)no1. The van der Waals surface area contributed by atoms with Crippen LogP contribution < -0.4 is 5.32 Å². The molecule has 1 aromatic heterocycles. The molecule has 1 aromatic carbocycles. The van der Waals surface area contributed by atoms with Gasteiger partial charge < -0.3 is 9.84 Å². The highest BCUT2D eigenvalue weighted by Gasteiger charge is 2.33. The zero-order valence-electron chi connectivity index (χ0n) is 11.5. The highest BCUT2D eigenvalue weighted by atomic mass is 79.9. The number of rotatable bonds is 4. The molecule has 1 fully saturated rings. The van der Waals surface area contributed by atoms with E-state index in [2.05, 4.69) is 38.3 Å². The molecule has 21 heavy (non-hydrogen) atoms. The Morgan fingerprint density at radius 3 is 3.14 bits per heavy atom. The summed E-state index contributed by atoms with van der Waals surface area (Å²) in [5, 5.41) is 7.45. The van der Waals surface area contributed by atoms with Gasteiger partial charge in [-0.1, -0.05) is 28.0 Å². The minimum Gasteiger partial charge on any atom is -0.339 e. The summed E-state index contributed by atoms with van der Waals surface area (Å²) in [4.78, 5) is 4.47. The molecule has 2 heterocycles. The van der Waals surface area contributed by atoms with Crippen molar-refractivity contribution in [3.05, 3.63) is 34.4 Å². The van der Waals surface area contributed by atoms with E-state index in [1.54, 1.807) is 6.07 Å². The topological polar surface area (TPSA) is 51.0 Å². The van der Waals surface area contributed by atoms with Crippen LogP contribution in [0.2, 0.25) is 0 Å². The van der Waals surface area contributed by atoms with Crippen LogP contribution in [0.25, 0.3) is 11.4 Å². The fourth-order valence-electron chi connectivity index (χ4n) is 2.43. The van der Waals surface area contributed by atoms with E-state index >= 15 is 0 Å². The van der Waals surface area contributed by atoms with Crippen molar-refractivity contribution in [2.45, 2.75) is 18.9 Å². The number of nitrogens with one attached hydrogen (secondary N) is 1. The molecule has 1 N–H and O–H groups in total. The standard InChI is InChI=1S/C14H15BrFN3OS/c1-2-17-12-7-21-6-10(12)14-18-13(19-20-14)9-5-8(16)3-4-11(9)15/h3-5,10,12,17H,2,6-7H2,1H3. The minimum atomic E-state index is -0.318. The van der Waals surface area contributed by atoms with Gasteiger partial charge in [0.25, 0.3) is 0 Å². The van der Waals surface area contributed by atoms with E-state index < -0.39 is 0 Å². The molecule has 0 radical (unpaired) electrons. The average molecular weight is 372 g/mol. The van der Waals surface area contributed by atoms with Crippen molar-refractivity contribution in [1.82, 2.24) is 15.5 Å². The summed E-state index contributed by atoms with van der Waals surface area (Å²) in [5.41, 5.74) is 0.607. The smallest absolute Gasteiger partial charge is 0.232 e. The van der Waals surface area contributed by atoms with Crippen molar-refractivity contribution >= 4 is 27.7 Å². The minimum absolute atomic E-state index is 0.212. The average Bonchev–Trinajstić information content (AvgIpc) is 3.10. The molecule has 0 bridgehead atoms. The van der Waals surface area contributed by atoms with Crippen molar-refractivity contribution in [2.24, 2.45) is 0 Å². The van der Waals surface area contributed by atoms with Gasteiger partial charge in [0.2, 0.25) is 11.7 Å². The maximum Gasteiger partial charge on any atom is 0.232 e. The summed E-state index contributed by atoms with van der Waals surface area (Å²) in [6, 6.07) is 4.80. The lowest BCUT2D eigenvalue weighted by molar-refractivity contribution is 0.340. The van der Waals surface area contributed by atoms with Gasteiger partial charge in [0.1, 0.15) is 5.82 Å². The molecular formula is C14H15BrFN3OS. The molecule has 1 saturated heterocycles. The van der Waals surface area contributed by atoms with Crippen LogP contribution in [0, 0.1) is 5.82 Å². The predicted octanol–water partition coefficient (Wildman–Crippen LogP) is 3.45. The number of thioether (sulfide) groups is 1. The van der Waals surface area contributed by atoms with Crippen molar-refractivity contribution < 1.29 is 8.91 Å². The van der Waals surface area contributed by atoms with Gasteiger partial charge in [-0.2, -0.15) is 16.7 Å². The molecule has 3 rings (SSSR count). The predicted molar refractivity (Wildman–Crippen MR) is 84.9 cm³/mol. The first kappa shape index (κ1) is 15.0. The Balaban J connectivity index is 1.88. The van der Waals surface area contributed by atoms with Crippen LogP contribution in [-0.2, 0) is 0 Å². The molecule has 0 saturated carbocycles. The second-order valence-electron chi connectivity index (χ2n) is 4.89. The number of hydrogen-bond acceptors (Lipinski definition) is 5. The van der Waals surface area contributed by atoms with E-state index in [4.69, 9.17) is 4.52 Å². The van der Waals surface area contributed by atoms with Crippen LogP contribution in [0.4, 0.5) is 4.39 Å². The molecule has 2 atom stereocenters. The first-order chi connectivity index (χ1) is 10.2. The summed E-state index contributed by atoms with van der Waals surface area (Å²) < 4.78 is 19.5. The number of benzene rings is 1. The lowest BCUT2D eigenvalue weighted by atomic mass is 10.0. The van der Waals surface area contributed by atoms with Gasteiger partial charge in [-0.25, -0.2) is 4.39 Å². The summed E-state index contributed by atoms with van der Waals surface area (Å²) >= 11 is 5.27. The number of likely N-dealkylation sites (N-methyl/N-ethyl adjacent to an activating group) is 1. The molecule has 2 unspecified atom stereocenters. The van der Waals surface area contributed by atoms with Gasteiger partial charge in [-0.05, 0) is 24.7 Å². The number of aromatic nitrogens is 2. The van der Waals surface area contributed by atoms with Crippen LogP contribution in [0.1, 0.15) is 18.7 Å². The van der Waals surface area contributed by atoms with Gasteiger partial charge >= 0.3 is 0 Å². The number of nitrogens with zero attached hydrogens (tertiary/aromatic N) is 2. The van der Waals surface area contributed by atoms with E-state index in [1.807, 2.05) is 11.8 Å². The normalized spacial score (nSPS) is 21.9. The summed E-state index contributed by atoms with van der Waals surface area (Å²) in [5.74, 6) is 2.94. The van der Waals surface area contributed by atoms with Gasteiger partial charge in [0, 0.05) is 27.6 Å². The van der Waals surface area contributed by atoms with Crippen molar-refractivity contribution in [1.29, 1.82) is 0 Å². The summed E-state index contributed by atoms with van der Waals surface area (Å²) in [6.07, 6.45) is 0. The van der Waals surface area contributed by atoms with Crippen molar-refractivity contribution in [3.63, 3.8) is 0 Å². The highest BCUT2D eigenvalue weighted by molar-refractivity contribution is 9.10. The summed E-state index contributed by atoms with van der Waals surface area (Å²) in [7, 11) is 0. The Labute approximate surface area is 135 Å². The van der Waals surface area contributed by atoms with Gasteiger partial charge in [0.05, 0.1) is 5.92 Å². The third-order valence-electron chi connectivity index (χ3n) is 3.48. The Morgan fingerprint density at radius 1 is 1.48 bits per heavy atom. The molecular weight excluding hydrogens is 357 g/mol. The lowest BCUT2D eigenvalue weighted by Crippen LogP contribution is -2.34. The molecule has 4 nitrogen and oxygen atoms in total. The molecule has 7 heteroatoms. The molecule has 1 aliphatic rings. The van der Waals surface area contributed by atoms with Crippen LogP contribution in [-0.4, -0.2) is 34.2 Å². The molecule has 0 amide bonds. The Kier molecular flexibility index (Phi) is 4.61. The first-order valence-corrected chi connectivity index (χ1v) is 8.74. The Morgan fingerprint density at radius 2 is 2.33 bits per heavy atom. The molecule has 2 aromatic rings. The van der Waals surface area contributed by atoms with E-state index in [9.17, 15) is 4.39 Å². The zero-order chi connectivity index (χ0) is 14.8. The van der Waals surface area contributed by atoms with Crippen molar-refractivity contribution in [3.8, 4) is 11.4 Å². The largest absolute Gasteiger partial charge is 0.339 e. The monoisotopic (exact) mass is 371 g/mol. The van der Waals surface area contributed by atoms with Crippen LogP contribution in [0.15, 0.2) is 27.2 Å². The fraction of sp³-hybridized carbons (Fsp3) is 0.429. The second kappa shape index (κ2) is 6.46. The third kappa shape index (κ3) is 3.14. The zero-order valence-corrected chi connectivity index (χ0v) is 13.9. The molecule has 0 spiro atoms.